The van der Waals surface area contributed by atoms with Crippen molar-refractivity contribution in [3.8, 4) is 0 Å². The van der Waals surface area contributed by atoms with E-state index in [0.29, 0.717) is 23.2 Å². The van der Waals surface area contributed by atoms with E-state index >= 15 is 0 Å². The molecule has 2 bridgehead atoms. The Labute approximate surface area is 139 Å². The van der Waals surface area contributed by atoms with Gasteiger partial charge in [-0.3, -0.25) is 0 Å². The smallest absolute Gasteiger partial charge is 0.148 e. The Balaban J connectivity index is 1.88. The summed E-state index contributed by atoms with van der Waals surface area (Å²) in [6.45, 7) is 13.3. The molecule has 1 N–H and O–H groups in total. The molecule has 1 saturated heterocycles. The zero-order valence-corrected chi connectivity index (χ0v) is 14.9. The van der Waals surface area contributed by atoms with Gasteiger partial charge in [0, 0.05) is 19.1 Å². The van der Waals surface area contributed by atoms with Gasteiger partial charge in [-0.1, -0.05) is 30.7 Å². The van der Waals surface area contributed by atoms with Gasteiger partial charge in [-0.15, -0.1) is 0 Å². The Morgan fingerprint density at radius 3 is 2.64 bits per heavy atom. The number of nitrogens with one attached hydrogen (secondary N) is 1. The Morgan fingerprint density at radius 1 is 1.27 bits per heavy atom. The molecule has 0 aromatic carbocycles. The van der Waals surface area contributed by atoms with E-state index in [1.165, 1.54) is 32.2 Å². The average Bonchev–Trinajstić information content (AvgIpc) is 2.76. The molecule has 2 aliphatic rings. The van der Waals surface area contributed by atoms with Crippen molar-refractivity contribution < 1.29 is 4.39 Å². The van der Waals surface area contributed by atoms with Gasteiger partial charge in [0.2, 0.25) is 0 Å². The minimum Gasteiger partial charge on any atom is -0.383 e. The van der Waals surface area contributed by atoms with Crippen LogP contribution in [-0.2, 0) is 0 Å². The monoisotopic (exact) mass is 324 g/mol. The van der Waals surface area contributed by atoms with Crippen LogP contribution in [0, 0.1) is 11.8 Å². The number of rotatable bonds is 6. The molecule has 2 rings (SSSR count). The molecule has 2 nitrogen and oxygen atoms in total. The first-order valence-electron chi connectivity index (χ1n) is 8.18. The molecule has 3 atom stereocenters. The molecule has 0 aromatic heterocycles. The molecule has 2 fully saturated rings. The molecular weight excluding hydrogens is 295 g/mol. The first-order chi connectivity index (χ1) is 10.4. The molecule has 1 aliphatic carbocycles. The van der Waals surface area contributed by atoms with E-state index in [-0.39, 0.29) is 5.83 Å². The number of allylic oxidation sites excluding steroid dienone is 3. The lowest BCUT2D eigenvalue weighted by Crippen LogP contribution is -2.30. The summed E-state index contributed by atoms with van der Waals surface area (Å²) in [4.78, 5) is 0. The highest BCUT2D eigenvalue weighted by Gasteiger charge is 2.36. The van der Waals surface area contributed by atoms with Crippen molar-refractivity contribution in [2.75, 3.05) is 19.3 Å². The number of hydrogen-bond acceptors (Lipinski definition) is 3. The van der Waals surface area contributed by atoms with Gasteiger partial charge in [0.05, 0.1) is 5.70 Å². The van der Waals surface area contributed by atoms with Gasteiger partial charge in [-0.05, 0) is 63.2 Å². The zero-order chi connectivity index (χ0) is 16.3. The van der Waals surface area contributed by atoms with E-state index in [1.54, 1.807) is 6.92 Å². The lowest BCUT2D eigenvalue weighted by Gasteiger charge is -2.27. The summed E-state index contributed by atoms with van der Waals surface area (Å²) in [5.41, 5.74) is 1.74. The van der Waals surface area contributed by atoms with Crippen molar-refractivity contribution in [2.45, 2.75) is 45.6 Å². The second-order valence-electron chi connectivity index (χ2n) is 6.80. The van der Waals surface area contributed by atoms with E-state index in [2.05, 4.69) is 29.0 Å². The number of nitrogens with zero attached hydrogens (tertiary/aromatic N) is 1. The van der Waals surface area contributed by atoms with Gasteiger partial charge in [-0.25, -0.2) is 8.70 Å². The van der Waals surface area contributed by atoms with Gasteiger partial charge >= 0.3 is 0 Å². The van der Waals surface area contributed by atoms with Crippen molar-refractivity contribution in [3.63, 3.8) is 0 Å². The summed E-state index contributed by atoms with van der Waals surface area (Å²) >= 11 is 1.87. The summed E-state index contributed by atoms with van der Waals surface area (Å²) in [5, 5.41) is 3.21. The van der Waals surface area contributed by atoms with Crippen LogP contribution in [0.15, 0.2) is 35.8 Å². The quantitative estimate of drug-likeness (QED) is 0.564. The molecule has 1 aliphatic heterocycles. The Kier molecular flexibility index (Phi) is 6.16. The summed E-state index contributed by atoms with van der Waals surface area (Å²) in [6, 6.07) is 0.695. The van der Waals surface area contributed by atoms with Gasteiger partial charge in [-0.2, -0.15) is 0 Å². The van der Waals surface area contributed by atoms with Crippen molar-refractivity contribution in [1.82, 2.24) is 9.62 Å². The molecule has 1 heterocycles. The maximum Gasteiger partial charge on any atom is 0.148 e. The lowest BCUT2D eigenvalue weighted by atomic mass is 9.96. The highest BCUT2D eigenvalue weighted by molar-refractivity contribution is 7.96. The highest BCUT2D eigenvalue weighted by atomic mass is 32.2. The number of halogens is 1. The van der Waals surface area contributed by atoms with Gasteiger partial charge in [0.1, 0.15) is 5.83 Å². The zero-order valence-electron chi connectivity index (χ0n) is 14.1. The average molecular weight is 325 g/mol. The van der Waals surface area contributed by atoms with Crippen molar-refractivity contribution in [2.24, 2.45) is 11.8 Å². The Bertz CT molecular complexity index is 472. The van der Waals surface area contributed by atoms with Gasteiger partial charge in [0.25, 0.3) is 0 Å². The number of fused-ring (bicyclic) bond motifs is 2. The van der Waals surface area contributed by atoms with Crippen LogP contribution in [0.4, 0.5) is 4.39 Å². The van der Waals surface area contributed by atoms with E-state index in [0.717, 1.165) is 18.0 Å². The molecule has 3 unspecified atom stereocenters. The molecule has 4 heteroatoms. The van der Waals surface area contributed by atoms with E-state index in [1.807, 2.05) is 18.9 Å². The van der Waals surface area contributed by atoms with Crippen molar-refractivity contribution in [3.05, 3.63) is 35.8 Å². The molecule has 1 saturated carbocycles. The first kappa shape index (κ1) is 17.6. The molecule has 0 aromatic rings. The van der Waals surface area contributed by atoms with Crippen LogP contribution < -0.4 is 5.32 Å². The number of hydrogen-bond donors (Lipinski definition) is 1. The third-order valence-corrected chi connectivity index (χ3v) is 6.03. The molecule has 124 valence electrons. The normalized spacial score (nSPS) is 29.7. The third-order valence-electron chi connectivity index (χ3n) is 5.11. The van der Waals surface area contributed by atoms with Crippen LogP contribution in [0.5, 0.6) is 0 Å². The van der Waals surface area contributed by atoms with Crippen LogP contribution >= 0.6 is 11.9 Å². The van der Waals surface area contributed by atoms with E-state index < -0.39 is 0 Å². The minimum atomic E-state index is -0.256. The van der Waals surface area contributed by atoms with Crippen LogP contribution in [0.3, 0.4) is 0 Å². The second-order valence-corrected chi connectivity index (χ2v) is 7.63. The van der Waals surface area contributed by atoms with Crippen LogP contribution in [0.2, 0.25) is 0 Å². The fraction of sp³-hybridized carbons (Fsp3) is 0.667. The molecule has 0 spiro atoms. The lowest BCUT2D eigenvalue weighted by molar-refractivity contribution is 0.309. The third kappa shape index (κ3) is 4.17. The minimum absolute atomic E-state index is 0.256. The maximum absolute atomic E-state index is 14.2. The Morgan fingerprint density at radius 2 is 2.00 bits per heavy atom. The SMILES string of the molecule is C=C(C)/C(C)=C(\F)C(=C)NCC1CCC2CC(C1)N(SC)C2. The first-order valence-corrected chi connectivity index (χ1v) is 9.36. The fourth-order valence-corrected chi connectivity index (χ4v) is 4.38. The highest BCUT2D eigenvalue weighted by Crippen LogP contribution is 2.39. The van der Waals surface area contributed by atoms with Crippen LogP contribution in [-0.4, -0.2) is 29.7 Å². The summed E-state index contributed by atoms with van der Waals surface area (Å²) in [5.74, 6) is 1.21. The molecule has 22 heavy (non-hydrogen) atoms. The summed E-state index contributed by atoms with van der Waals surface area (Å²) < 4.78 is 16.7. The predicted molar refractivity (Wildman–Crippen MR) is 95.2 cm³/mol. The molecule has 0 radical (unpaired) electrons. The Hall–Kier alpha value is -0.740. The topological polar surface area (TPSA) is 15.3 Å². The van der Waals surface area contributed by atoms with Crippen molar-refractivity contribution in [1.29, 1.82) is 0 Å². The predicted octanol–water partition coefficient (Wildman–Crippen LogP) is 4.68. The standard InChI is InChI=1S/C18H29FN2S/c1-12(2)13(3)18(19)14(4)20-10-15-6-7-16-9-17(8-15)21(11-16)22-5/h15-17,20H,1,4,6-11H2,2-3,5H3/b18-13-. The van der Waals surface area contributed by atoms with Crippen molar-refractivity contribution >= 4 is 11.9 Å². The maximum atomic E-state index is 14.2. The fourth-order valence-electron chi connectivity index (χ4n) is 3.55. The largest absolute Gasteiger partial charge is 0.383 e. The van der Waals surface area contributed by atoms with Crippen LogP contribution in [0.1, 0.15) is 39.5 Å². The molecular formula is C18H29FN2S. The van der Waals surface area contributed by atoms with E-state index in [4.69, 9.17) is 0 Å². The second kappa shape index (κ2) is 7.69. The van der Waals surface area contributed by atoms with Gasteiger partial charge < -0.3 is 5.32 Å². The van der Waals surface area contributed by atoms with E-state index in [9.17, 15) is 4.39 Å². The molecule has 0 amide bonds. The summed E-state index contributed by atoms with van der Waals surface area (Å²) in [7, 11) is 0. The van der Waals surface area contributed by atoms with Crippen LogP contribution in [0.25, 0.3) is 0 Å². The van der Waals surface area contributed by atoms with Gasteiger partial charge in [0.15, 0.2) is 0 Å². The summed E-state index contributed by atoms with van der Waals surface area (Å²) in [6.07, 6.45) is 7.26.